The van der Waals surface area contributed by atoms with Gasteiger partial charge in [-0.25, -0.2) is 0 Å². The number of nitrogens with zero attached hydrogens (tertiary/aromatic N) is 1. The number of benzene rings is 2. The number of amides is 1. The van der Waals surface area contributed by atoms with Crippen molar-refractivity contribution in [3.8, 4) is 0 Å². The van der Waals surface area contributed by atoms with Crippen LogP contribution in [0.15, 0.2) is 48.5 Å². The van der Waals surface area contributed by atoms with Gasteiger partial charge in [0.15, 0.2) is 0 Å². The molecule has 3 atom stereocenters. The second-order valence-electron chi connectivity index (χ2n) is 8.46. The topological polar surface area (TPSA) is 83.9 Å². The van der Waals surface area contributed by atoms with Crippen LogP contribution in [0.5, 0.6) is 0 Å². The maximum absolute atomic E-state index is 13.5. The van der Waals surface area contributed by atoms with E-state index in [1.54, 1.807) is 18.2 Å². The lowest BCUT2D eigenvalue weighted by molar-refractivity contribution is -0.175. The van der Waals surface area contributed by atoms with Gasteiger partial charge in [0.05, 0.1) is 11.8 Å². The molecule has 1 heterocycles. The van der Waals surface area contributed by atoms with Crippen LogP contribution in [0.1, 0.15) is 49.0 Å². The molecule has 2 aromatic carbocycles. The van der Waals surface area contributed by atoms with Crippen LogP contribution in [-0.2, 0) is 19.6 Å². The number of rotatable bonds is 8. The van der Waals surface area contributed by atoms with E-state index in [0.29, 0.717) is 22.5 Å². The lowest BCUT2D eigenvalue weighted by Gasteiger charge is -2.45. The fraction of sp³-hybridized carbons (Fsp3) is 0.435. The SMILES string of the molecule is O=C1[C@@H](CCCS(=O)(=O)O)O[C@H](c2cccc(Cl)c2)[C@H](c2ccc(Cl)cc2)N1CC1CC1. The van der Waals surface area contributed by atoms with E-state index in [2.05, 4.69) is 0 Å². The summed E-state index contributed by atoms with van der Waals surface area (Å²) in [6.45, 7) is 0.612. The monoisotopic (exact) mass is 497 g/mol. The average Bonchev–Trinajstić information content (AvgIpc) is 3.55. The van der Waals surface area contributed by atoms with Gasteiger partial charge in [-0.2, -0.15) is 8.42 Å². The minimum Gasteiger partial charge on any atom is -0.358 e. The van der Waals surface area contributed by atoms with Crippen molar-refractivity contribution >= 4 is 39.2 Å². The highest BCUT2D eigenvalue weighted by Crippen LogP contribution is 2.45. The number of carbonyl (C=O) groups is 1. The second kappa shape index (κ2) is 9.69. The van der Waals surface area contributed by atoms with Gasteiger partial charge < -0.3 is 9.64 Å². The Balaban J connectivity index is 1.70. The summed E-state index contributed by atoms with van der Waals surface area (Å²) in [6.07, 6.45) is 1.19. The standard InChI is InChI=1S/C23H25Cl2NO5S/c24-18-10-8-16(9-11-18)21-22(17-3-1-4-19(25)13-17)31-20(5-2-12-32(28,29)30)23(27)26(21)14-15-6-7-15/h1,3-4,8-11,13,15,20-22H,2,5-7,12,14H2,(H,28,29,30)/t20-,21+,22-/m1/s1. The molecule has 1 amide bonds. The lowest BCUT2D eigenvalue weighted by atomic mass is 9.90. The summed E-state index contributed by atoms with van der Waals surface area (Å²) >= 11 is 12.4. The smallest absolute Gasteiger partial charge is 0.264 e. The molecule has 4 rings (SSSR count). The summed E-state index contributed by atoms with van der Waals surface area (Å²) in [4.78, 5) is 15.3. The zero-order valence-electron chi connectivity index (χ0n) is 17.4. The Morgan fingerprint density at radius 3 is 2.38 bits per heavy atom. The summed E-state index contributed by atoms with van der Waals surface area (Å²) in [7, 11) is -4.10. The predicted octanol–water partition coefficient (Wildman–Crippen LogP) is 5.08. The molecule has 32 heavy (non-hydrogen) atoms. The minimum atomic E-state index is -4.10. The van der Waals surface area contributed by atoms with Gasteiger partial charge in [0.2, 0.25) is 0 Å². The highest BCUT2D eigenvalue weighted by atomic mass is 35.5. The maximum Gasteiger partial charge on any atom is 0.264 e. The van der Waals surface area contributed by atoms with E-state index in [1.165, 1.54) is 0 Å². The Hall–Kier alpha value is -1.64. The summed E-state index contributed by atoms with van der Waals surface area (Å²) in [6, 6.07) is 14.4. The van der Waals surface area contributed by atoms with Gasteiger partial charge in [0.1, 0.15) is 12.2 Å². The molecule has 0 aromatic heterocycles. The molecule has 0 radical (unpaired) electrons. The summed E-state index contributed by atoms with van der Waals surface area (Å²) in [5.41, 5.74) is 1.75. The van der Waals surface area contributed by atoms with E-state index in [0.717, 1.165) is 24.0 Å². The first-order chi connectivity index (χ1) is 15.2. The number of hydrogen-bond donors (Lipinski definition) is 1. The Labute approximate surface area is 198 Å². The number of carbonyl (C=O) groups excluding carboxylic acids is 1. The van der Waals surface area contributed by atoms with Crippen molar-refractivity contribution in [2.24, 2.45) is 5.92 Å². The third-order valence-electron chi connectivity index (χ3n) is 5.90. The van der Waals surface area contributed by atoms with Gasteiger partial charge in [-0.1, -0.05) is 47.5 Å². The Morgan fingerprint density at radius 2 is 1.75 bits per heavy atom. The molecule has 1 N–H and O–H groups in total. The van der Waals surface area contributed by atoms with Crippen LogP contribution in [-0.4, -0.2) is 42.2 Å². The van der Waals surface area contributed by atoms with Gasteiger partial charge in [-0.15, -0.1) is 0 Å². The van der Waals surface area contributed by atoms with Crippen LogP contribution in [0.25, 0.3) is 0 Å². The quantitative estimate of drug-likeness (QED) is 0.513. The molecule has 1 saturated heterocycles. The molecule has 1 saturated carbocycles. The number of halogens is 2. The molecule has 6 nitrogen and oxygen atoms in total. The third-order valence-corrected chi connectivity index (χ3v) is 7.19. The van der Waals surface area contributed by atoms with Crippen molar-refractivity contribution in [1.82, 2.24) is 4.90 Å². The molecular formula is C23H25Cl2NO5S. The van der Waals surface area contributed by atoms with Crippen LogP contribution >= 0.6 is 23.2 Å². The molecular weight excluding hydrogens is 473 g/mol. The van der Waals surface area contributed by atoms with Gasteiger partial charge >= 0.3 is 0 Å². The van der Waals surface area contributed by atoms with Gasteiger partial charge in [0, 0.05) is 16.6 Å². The van der Waals surface area contributed by atoms with Crippen molar-refractivity contribution in [1.29, 1.82) is 0 Å². The highest BCUT2D eigenvalue weighted by Gasteiger charge is 2.45. The van der Waals surface area contributed by atoms with E-state index in [-0.39, 0.29) is 24.8 Å². The molecule has 1 aliphatic carbocycles. The molecule has 172 valence electrons. The van der Waals surface area contributed by atoms with Crippen LogP contribution in [0.4, 0.5) is 0 Å². The molecule has 0 spiro atoms. The maximum atomic E-state index is 13.5. The zero-order valence-corrected chi connectivity index (χ0v) is 19.7. The Kier molecular flexibility index (Phi) is 7.12. The van der Waals surface area contributed by atoms with E-state index >= 15 is 0 Å². The van der Waals surface area contributed by atoms with Crippen LogP contribution in [0, 0.1) is 5.92 Å². The Morgan fingerprint density at radius 1 is 1.03 bits per heavy atom. The van der Waals surface area contributed by atoms with Crippen molar-refractivity contribution in [3.63, 3.8) is 0 Å². The van der Waals surface area contributed by atoms with Crippen molar-refractivity contribution < 1.29 is 22.5 Å². The number of ether oxygens (including phenoxy) is 1. The van der Waals surface area contributed by atoms with E-state index in [1.807, 2.05) is 35.2 Å². The molecule has 0 unspecified atom stereocenters. The van der Waals surface area contributed by atoms with Crippen molar-refractivity contribution in [3.05, 3.63) is 69.7 Å². The van der Waals surface area contributed by atoms with E-state index in [4.69, 9.17) is 32.5 Å². The predicted molar refractivity (Wildman–Crippen MR) is 123 cm³/mol. The fourth-order valence-electron chi connectivity index (χ4n) is 4.18. The van der Waals surface area contributed by atoms with E-state index in [9.17, 15) is 13.2 Å². The normalized spacial score (nSPS) is 24.0. The molecule has 2 aliphatic rings. The first-order valence-corrected chi connectivity index (χ1v) is 13.0. The fourth-order valence-corrected chi connectivity index (χ4v) is 5.04. The van der Waals surface area contributed by atoms with Crippen molar-refractivity contribution in [2.45, 2.75) is 43.9 Å². The van der Waals surface area contributed by atoms with E-state index < -0.39 is 28.1 Å². The molecule has 2 aromatic rings. The summed E-state index contributed by atoms with van der Waals surface area (Å²) in [5, 5.41) is 1.17. The van der Waals surface area contributed by atoms with Crippen LogP contribution < -0.4 is 0 Å². The van der Waals surface area contributed by atoms with Crippen LogP contribution in [0.3, 0.4) is 0 Å². The largest absolute Gasteiger partial charge is 0.358 e. The molecule has 2 fully saturated rings. The van der Waals surface area contributed by atoms with Gasteiger partial charge in [0.25, 0.3) is 16.0 Å². The lowest BCUT2D eigenvalue weighted by Crippen LogP contribution is -2.51. The third kappa shape index (κ3) is 5.83. The van der Waals surface area contributed by atoms with Gasteiger partial charge in [-0.3, -0.25) is 9.35 Å². The zero-order chi connectivity index (χ0) is 22.9. The minimum absolute atomic E-state index is 0.125. The molecule has 9 heteroatoms. The second-order valence-corrected chi connectivity index (χ2v) is 10.9. The van der Waals surface area contributed by atoms with Gasteiger partial charge in [-0.05, 0) is 67.0 Å². The number of morpholine rings is 1. The number of hydrogen-bond acceptors (Lipinski definition) is 4. The molecule has 1 aliphatic heterocycles. The van der Waals surface area contributed by atoms with Crippen LogP contribution in [0.2, 0.25) is 10.0 Å². The first-order valence-electron chi connectivity index (χ1n) is 10.6. The van der Waals surface area contributed by atoms with Crippen molar-refractivity contribution in [2.75, 3.05) is 12.3 Å². The first kappa shape index (κ1) is 23.5. The molecule has 0 bridgehead atoms. The summed E-state index contributed by atoms with van der Waals surface area (Å²) < 4.78 is 37.7. The highest BCUT2D eigenvalue weighted by molar-refractivity contribution is 7.85. The Bertz CT molecular complexity index is 1070. The summed E-state index contributed by atoms with van der Waals surface area (Å²) in [5.74, 6) is -0.124. The average molecular weight is 498 g/mol.